The Kier molecular flexibility index (Phi) is 6.42. The number of carbonyl (C=O) groups is 2. The maximum Gasteiger partial charge on any atom is 0.328 e. The van der Waals surface area contributed by atoms with Crippen molar-refractivity contribution in [3.63, 3.8) is 0 Å². The third-order valence-electron chi connectivity index (χ3n) is 1.71. The summed E-state index contributed by atoms with van der Waals surface area (Å²) in [5.41, 5.74) is 0. The zero-order chi connectivity index (χ0) is 12.6. The first kappa shape index (κ1) is 14.0. The van der Waals surface area contributed by atoms with Crippen molar-refractivity contribution in [3.05, 3.63) is 24.6 Å². The molecule has 16 heavy (non-hydrogen) atoms. The van der Waals surface area contributed by atoms with Crippen LogP contribution in [-0.4, -0.2) is 52.2 Å². The SMILES string of the molecule is CCN1C=CN(C)C1.O=C(O)/C=C\C(=O)O. The third kappa shape index (κ3) is 7.43. The van der Waals surface area contributed by atoms with Crippen LogP contribution in [0.5, 0.6) is 0 Å². The molecule has 1 rings (SSSR count). The van der Waals surface area contributed by atoms with Gasteiger partial charge in [-0.05, 0) is 6.92 Å². The van der Waals surface area contributed by atoms with Gasteiger partial charge in [0.15, 0.2) is 0 Å². The quantitative estimate of drug-likeness (QED) is 0.680. The van der Waals surface area contributed by atoms with E-state index < -0.39 is 11.9 Å². The molecule has 0 aromatic carbocycles. The van der Waals surface area contributed by atoms with Gasteiger partial charge in [0.25, 0.3) is 0 Å². The van der Waals surface area contributed by atoms with Gasteiger partial charge < -0.3 is 20.0 Å². The molecule has 0 bridgehead atoms. The van der Waals surface area contributed by atoms with Gasteiger partial charge in [-0.3, -0.25) is 0 Å². The molecule has 6 heteroatoms. The molecule has 0 radical (unpaired) electrons. The average molecular weight is 228 g/mol. The highest BCUT2D eigenvalue weighted by atomic mass is 16.4. The van der Waals surface area contributed by atoms with Crippen molar-refractivity contribution in [2.45, 2.75) is 6.92 Å². The van der Waals surface area contributed by atoms with Crippen molar-refractivity contribution in [3.8, 4) is 0 Å². The van der Waals surface area contributed by atoms with Crippen LogP contribution in [0.15, 0.2) is 24.6 Å². The Morgan fingerprint density at radius 1 is 1.25 bits per heavy atom. The Labute approximate surface area is 94.1 Å². The van der Waals surface area contributed by atoms with Crippen LogP contribution in [0.3, 0.4) is 0 Å². The van der Waals surface area contributed by atoms with Crippen molar-refractivity contribution >= 4 is 11.9 Å². The van der Waals surface area contributed by atoms with Crippen molar-refractivity contribution in [1.82, 2.24) is 9.80 Å². The Bertz CT molecular complexity index is 283. The number of hydrogen-bond donors (Lipinski definition) is 2. The van der Waals surface area contributed by atoms with Gasteiger partial charge >= 0.3 is 11.9 Å². The largest absolute Gasteiger partial charge is 0.478 e. The maximum atomic E-state index is 9.55. The van der Waals surface area contributed by atoms with Crippen LogP contribution < -0.4 is 0 Å². The van der Waals surface area contributed by atoms with E-state index in [9.17, 15) is 9.59 Å². The van der Waals surface area contributed by atoms with E-state index in [1.807, 2.05) is 0 Å². The van der Waals surface area contributed by atoms with Crippen LogP contribution in [0.4, 0.5) is 0 Å². The Hall–Kier alpha value is -1.98. The Morgan fingerprint density at radius 2 is 1.75 bits per heavy atom. The van der Waals surface area contributed by atoms with Gasteiger partial charge in [-0.25, -0.2) is 9.59 Å². The van der Waals surface area contributed by atoms with Crippen LogP contribution >= 0.6 is 0 Å². The smallest absolute Gasteiger partial charge is 0.328 e. The van der Waals surface area contributed by atoms with Gasteiger partial charge in [-0.2, -0.15) is 0 Å². The predicted octanol–water partition coefficient (Wildman–Crippen LogP) is 0.394. The minimum atomic E-state index is -1.26. The van der Waals surface area contributed by atoms with Crippen molar-refractivity contribution in [2.75, 3.05) is 20.3 Å². The summed E-state index contributed by atoms with van der Waals surface area (Å²) in [5, 5.41) is 15.6. The molecule has 1 aliphatic rings. The molecule has 1 aliphatic heterocycles. The van der Waals surface area contributed by atoms with E-state index >= 15 is 0 Å². The second-order valence-corrected chi connectivity index (χ2v) is 3.11. The summed E-state index contributed by atoms with van der Waals surface area (Å²) >= 11 is 0. The monoisotopic (exact) mass is 228 g/mol. The average Bonchev–Trinajstić information content (AvgIpc) is 2.62. The van der Waals surface area contributed by atoms with E-state index in [2.05, 4.69) is 36.2 Å². The molecule has 0 saturated heterocycles. The molecule has 0 aromatic heterocycles. The minimum absolute atomic E-state index is 0.558. The lowest BCUT2D eigenvalue weighted by molar-refractivity contribution is -0.134. The fraction of sp³-hybridized carbons (Fsp3) is 0.400. The van der Waals surface area contributed by atoms with Gasteiger partial charge in [-0.1, -0.05) is 0 Å². The lowest BCUT2D eigenvalue weighted by Gasteiger charge is -2.14. The second-order valence-electron chi connectivity index (χ2n) is 3.11. The maximum absolute atomic E-state index is 9.55. The number of aliphatic carboxylic acids is 2. The highest BCUT2D eigenvalue weighted by Crippen LogP contribution is 2.00. The standard InChI is InChI=1S/C6H12N2.C4H4O4/c1-3-8-5-4-7(2)6-8;5-3(6)1-2-4(7)8/h4-5H,3,6H2,1-2H3;1-2H,(H,5,6)(H,7,8)/b;2-1-. The summed E-state index contributed by atoms with van der Waals surface area (Å²) in [6, 6.07) is 0. The van der Waals surface area contributed by atoms with Crippen LogP contribution in [-0.2, 0) is 9.59 Å². The van der Waals surface area contributed by atoms with Gasteiger partial charge in [-0.15, -0.1) is 0 Å². The van der Waals surface area contributed by atoms with Crippen LogP contribution in [0.25, 0.3) is 0 Å². The number of carboxylic acid groups (broad SMARTS) is 2. The predicted molar refractivity (Wildman–Crippen MR) is 58.6 cm³/mol. The van der Waals surface area contributed by atoms with E-state index in [0.717, 1.165) is 13.2 Å². The number of carboxylic acids is 2. The molecule has 1 heterocycles. The molecule has 0 amide bonds. The molecule has 0 spiro atoms. The molecule has 90 valence electrons. The lowest BCUT2D eigenvalue weighted by Crippen LogP contribution is -2.21. The van der Waals surface area contributed by atoms with Gasteiger partial charge in [0, 0.05) is 38.1 Å². The molecule has 2 N–H and O–H groups in total. The molecule has 0 saturated carbocycles. The fourth-order valence-electron chi connectivity index (χ4n) is 0.937. The normalized spacial score (nSPS) is 13.9. The van der Waals surface area contributed by atoms with Gasteiger partial charge in [0.05, 0.1) is 6.67 Å². The molecule has 0 aliphatic carbocycles. The Balaban J connectivity index is 0.000000281. The summed E-state index contributed by atoms with van der Waals surface area (Å²) in [6.45, 7) is 4.32. The molecule has 0 unspecified atom stereocenters. The molecular formula is C10H16N2O4. The van der Waals surface area contributed by atoms with Crippen LogP contribution in [0.2, 0.25) is 0 Å². The van der Waals surface area contributed by atoms with Crippen molar-refractivity contribution in [2.24, 2.45) is 0 Å². The van der Waals surface area contributed by atoms with Gasteiger partial charge in [0.2, 0.25) is 0 Å². The zero-order valence-corrected chi connectivity index (χ0v) is 9.33. The fourth-order valence-corrected chi connectivity index (χ4v) is 0.937. The van der Waals surface area contributed by atoms with E-state index in [0.29, 0.717) is 12.2 Å². The molecule has 0 aromatic rings. The highest BCUT2D eigenvalue weighted by molar-refractivity contribution is 5.89. The summed E-state index contributed by atoms with van der Waals surface area (Å²) in [7, 11) is 2.08. The van der Waals surface area contributed by atoms with E-state index in [4.69, 9.17) is 10.2 Å². The summed E-state index contributed by atoms with van der Waals surface area (Å²) in [6.07, 6.45) is 5.31. The van der Waals surface area contributed by atoms with Crippen LogP contribution in [0, 0.1) is 0 Å². The van der Waals surface area contributed by atoms with E-state index in [-0.39, 0.29) is 0 Å². The molecular weight excluding hydrogens is 212 g/mol. The highest BCUT2D eigenvalue weighted by Gasteiger charge is 2.03. The summed E-state index contributed by atoms with van der Waals surface area (Å²) in [4.78, 5) is 23.5. The Morgan fingerprint density at radius 3 is 1.94 bits per heavy atom. The summed E-state index contributed by atoms with van der Waals surface area (Å²) < 4.78 is 0. The topological polar surface area (TPSA) is 81.1 Å². The van der Waals surface area contributed by atoms with E-state index in [1.165, 1.54) is 0 Å². The minimum Gasteiger partial charge on any atom is -0.478 e. The first-order valence-corrected chi connectivity index (χ1v) is 4.72. The number of hydrogen-bond acceptors (Lipinski definition) is 4. The van der Waals surface area contributed by atoms with Gasteiger partial charge in [0.1, 0.15) is 0 Å². The number of rotatable bonds is 3. The second kappa shape index (κ2) is 7.33. The molecule has 0 fully saturated rings. The first-order chi connectivity index (χ1) is 7.45. The summed E-state index contributed by atoms with van der Waals surface area (Å²) in [5.74, 6) is -2.51. The van der Waals surface area contributed by atoms with Crippen molar-refractivity contribution in [1.29, 1.82) is 0 Å². The zero-order valence-electron chi connectivity index (χ0n) is 9.33. The van der Waals surface area contributed by atoms with Crippen molar-refractivity contribution < 1.29 is 19.8 Å². The lowest BCUT2D eigenvalue weighted by atomic mass is 10.5. The molecule has 0 atom stereocenters. The first-order valence-electron chi connectivity index (χ1n) is 4.72. The number of nitrogens with zero attached hydrogens (tertiary/aromatic N) is 2. The molecule has 6 nitrogen and oxygen atoms in total. The third-order valence-corrected chi connectivity index (χ3v) is 1.71. The van der Waals surface area contributed by atoms with E-state index in [1.54, 1.807) is 0 Å². The van der Waals surface area contributed by atoms with Crippen LogP contribution in [0.1, 0.15) is 6.92 Å².